The lowest BCUT2D eigenvalue weighted by atomic mass is 9.66. The molecule has 0 bridgehead atoms. The van der Waals surface area contributed by atoms with Crippen LogP contribution in [0.15, 0.2) is 10.5 Å². The summed E-state index contributed by atoms with van der Waals surface area (Å²) in [5.41, 5.74) is -0.170. The van der Waals surface area contributed by atoms with Gasteiger partial charge in [-0.25, -0.2) is 4.79 Å². The molecular formula is C17H25NO5. The maximum Gasteiger partial charge on any atom is 0.339 e. The molecule has 1 aliphatic rings. The SMILES string of the molecule is CCOCCC1(C(=O)N(C)Cc2cc(C(=O)O)c(C)o2)CCC1. The topological polar surface area (TPSA) is 80.0 Å². The molecule has 0 aliphatic heterocycles. The van der Waals surface area contributed by atoms with Crippen molar-refractivity contribution in [3.05, 3.63) is 23.2 Å². The quantitative estimate of drug-likeness (QED) is 0.744. The van der Waals surface area contributed by atoms with Crippen LogP contribution in [0.25, 0.3) is 0 Å². The number of carbonyl (C=O) groups is 2. The zero-order valence-corrected chi connectivity index (χ0v) is 14.1. The lowest BCUT2D eigenvalue weighted by Crippen LogP contribution is -2.46. The second kappa shape index (κ2) is 7.17. The molecule has 0 radical (unpaired) electrons. The lowest BCUT2D eigenvalue weighted by Gasteiger charge is -2.42. The molecule has 6 heteroatoms. The van der Waals surface area contributed by atoms with Crippen molar-refractivity contribution in [3.8, 4) is 0 Å². The van der Waals surface area contributed by atoms with Crippen LogP contribution >= 0.6 is 0 Å². The van der Waals surface area contributed by atoms with E-state index in [0.717, 1.165) is 25.7 Å². The van der Waals surface area contributed by atoms with Gasteiger partial charge in [0.25, 0.3) is 0 Å². The highest BCUT2D eigenvalue weighted by atomic mass is 16.5. The van der Waals surface area contributed by atoms with Crippen molar-refractivity contribution < 1.29 is 23.8 Å². The molecule has 6 nitrogen and oxygen atoms in total. The molecular weight excluding hydrogens is 298 g/mol. The van der Waals surface area contributed by atoms with E-state index in [1.807, 2.05) is 6.92 Å². The zero-order valence-electron chi connectivity index (χ0n) is 14.1. The van der Waals surface area contributed by atoms with E-state index < -0.39 is 5.97 Å². The van der Waals surface area contributed by atoms with Crippen molar-refractivity contribution in [3.63, 3.8) is 0 Å². The van der Waals surface area contributed by atoms with Gasteiger partial charge in [0.05, 0.1) is 12.0 Å². The molecule has 23 heavy (non-hydrogen) atoms. The molecule has 0 spiro atoms. The number of hydrogen-bond donors (Lipinski definition) is 1. The Hall–Kier alpha value is -1.82. The van der Waals surface area contributed by atoms with Crippen molar-refractivity contribution in [2.24, 2.45) is 5.41 Å². The summed E-state index contributed by atoms with van der Waals surface area (Å²) in [6, 6.07) is 1.50. The molecule has 1 aromatic heterocycles. The van der Waals surface area contributed by atoms with Gasteiger partial charge in [-0.05, 0) is 39.2 Å². The third-order valence-corrected chi connectivity index (χ3v) is 4.63. The summed E-state index contributed by atoms with van der Waals surface area (Å²) in [4.78, 5) is 25.5. The Morgan fingerprint density at radius 2 is 2.13 bits per heavy atom. The fourth-order valence-corrected chi connectivity index (χ4v) is 3.13. The number of ether oxygens (including phenoxy) is 1. The summed E-state index contributed by atoms with van der Waals surface area (Å²) in [6.07, 6.45) is 3.58. The number of aryl methyl sites for hydroxylation is 1. The van der Waals surface area contributed by atoms with Crippen LogP contribution in [0, 0.1) is 12.3 Å². The number of nitrogens with zero attached hydrogens (tertiary/aromatic N) is 1. The summed E-state index contributed by atoms with van der Waals surface area (Å²) >= 11 is 0. The highest BCUT2D eigenvalue weighted by molar-refractivity contribution is 5.89. The van der Waals surface area contributed by atoms with Crippen molar-refractivity contribution in [1.82, 2.24) is 4.90 Å². The van der Waals surface area contributed by atoms with Crippen LogP contribution < -0.4 is 0 Å². The second-order valence-corrected chi connectivity index (χ2v) is 6.23. The first-order valence-electron chi connectivity index (χ1n) is 8.05. The molecule has 1 aromatic rings. The summed E-state index contributed by atoms with van der Waals surface area (Å²) in [6.45, 7) is 5.09. The highest BCUT2D eigenvalue weighted by Gasteiger charge is 2.45. The van der Waals surface area contributed by atoms with E-state index in [0.29, 0.717) is 24.7 Å². The van der Waals surface area contributed by atoms with Crippen molar-refractivity contribution in [2.45, 2.75) is 46.1 Å². The number of furan rings is 1. The number of aromatic carboxylic acids is 1. The van der Waals surface area contributed by atoms with Crippen LogP contribution in [0.1, 0.15) is 54.5 Å². The molecule has 1 amide bonds. The number of rotatable bonds is 8. The largest absolute Gasteiger partial charge is 0.478 e. The third-order valence-electron chi connectivity index (χ3n) is 4.63. The number of carbonyl (C=O) groups excluding carboxylic acids is 1. The minimum Gasteiger partial charge on any atom is -0.478 e. The van der Waals surface area contributed by atoms with Crippen LogP contribution in [-0.4, -0.2) is 42.1 Å². The third kappa shape index (κ3) is 3.75. The summed E-state index contributed by atoms with van der Waals surface area (Å²) in [7, 11) is 1.74. The van der Waals surface area contributed by atoms with E-state index in [2.05, 4.69) is 0 Å². The molecule has 0 unspecified atom stereocenters. The van der Waals surface area contributed by atoms with Gasteiger partial charge in [0.15, 0.2) is 0 Å². The molecule has 1 fully saturated rings. The fourth-order valence-electron chi connectivity index (χ4n) is 3.13. The first kappa shape index (κ1) is 17.5. The first-order chi connectivity index (χ1) is 10.9. The van der Waals surface area contributed by atoms with E-state index in [9.17, 15) is 9.59 Å². The van der Waals surface area contributed by atoms with Crippen LogP contribution in [0.2, 0.25) is 0 Å². The monoisotopic (exact) mass is 323 g/mol. The molecule has 1 aliphatic carbocycles. The maximum absolute atomic E-state index is 12.8. The van der Waals surface area contributed by atoms with Gasteiger partial charge in [-0.15, -0.1) is 0 Å². The summed E-state index contributed by atoms with van der Waals surface area (Å²) < 4.78 is 10.9. The van der Waals surface area contributed by atoms with Gasteiger partial charge in [-0.1, -0.05) is 6.42 Å². The maximum atomic E-state index is 12.8. The van der Waals surface area contributed by atoms with Gasteiger partial charge < -0.3 is 19.2 Å². The fraction of sp³-hybridized carbons (Fsp3) is 0.647. The van der Waals surface area contributed by atoms with Gasteiger partial charge in [0, 0.05) is 20.3 Å². The lowest BCUT2D eigenvalue weighted by molar-refractivity contribution is -0.148. The van der Waals surface area contributed by atoms with E-state index >= 15 is 0 Å². The highest BCUT2D eigenvalue weighted by Crippen LogP contribution is 2.45. The average Bonchev–Trinajstić information content (AvgIpc) is 2.82. The van der Waals surface area contributed by atoms with Gasteiger partial charge in [-0.3, -0.25) is 4.79 Å². The van der Waals surface area contributed by atoms with Crippen LogP contribution in [0.5, 0.6) is 0 Å². The number of carboxylic acid groups (broad SMARTS) is 1. The van der Waals surface area contributed by atoms with Crippen LogP contribution in [0.3, 0.4) is 0 Å². The van der Waals surface area contributed by atoms with E-state index in [4.69, 9.17) is 14.3 Å². The summed E-state index contributed by atoms with van der Waals surface area (Å²) in [5, 5.41) is 9.06. The number of amides is 1. The predicted octanol–water partition coefficient (Wildman–Crippen LogP) is 2.84. The molecule has 0 atom stereocenters. The number of hydrogen-bond acceptors (Lipinski definition) is 4. The Morgan fingerprint density at radius 3 is 2.61 bits per heavy atom. The molecule has 0 aromatic carbocycles. The van der Waals surface area contributed by atoms with Crippen molar-refractivity contribution >= 4 is 11.9 Å². The van der Waals surface area contributed by atoms with E-state index in [1.54, 1.807) is 18.9 Å². The Morgan fingerprint density at radius 1 is 1.43 bits per heavy atom. The normalized spacial score (nSPS) is 16.0. The molecule has 2 rings (SSSR count). The molecule has 0 saturated heterocycles. The predicted molar refractivity (Wildman–Crippen MR) is 84.3 cm³/mol. The van der Waals surface area contributed by atoms with Crippen LogP contribution in [0.4, 0.5) is 0 Å². The van der Waals surface area contributed by atoms with Crippen molar-refractivity contribution in [1.29, 1.82) is 0 Å². The Bertz CT molecular complexity index is 574. The van der Waals surface area contributed by atoms with Gasteiger partial charge in [0.2, 0.25) is 5.91 Å². The Labute approximate surface area is 136 Å². The average molecular weight is 323 g/mol. The standard InChI is InChI=1S/C17H25NO5/c1-4-22-9-8-17(6-5-7-17)16(21)18(3)11-13-10-14(15(19)20)12(2)23-13/h10H,4-9,11H2,1-3H3,(H,19,20). The van der Waals surface area contributed by atoms with E-state index in [-0.39, 0.29) is 23.4 Å². The van der Waals surface area contributed by atoms with Gasteiger partial charge in [-0.2, -0.15) is 0 Å². The van der Waals surface area contributed by atoms with Crippen molar-refractivity contribution in [2.75, 3.05) is 20.3 Å². The Kier molecular flexibility index (Phi) is 5.46. The smallest absolute Gasteiger partial charge is 0.339 e. The Balaban J connectivity index is 2.01. The minimum absolute atomic E-state index is 0.0920. The molecule has 1 N–H and O–H groups in total. The van der Waals surface area contributed by atoms with Crippen LogP contribution in [-0.2, 0) is 16.1 Å². The van der Waals surface area contributed by atoms with E-state index in [1.165, 1.54) is 6.07 Å². The minimum atomic E-state index is -1.02. The molecule has 128 valence electrons. The van der Waals surface area contributed by atoms with Gasteiger partial charge >= 0.3 is 5.97 Å². The first-order valence-corrected chi connectivity index (χ1v) is 8.05. The number of carboxylic acids is 1. The zero-order chi connectivity index (χ0) is 17.0. The molecule has 1 heterocycles. The van der Waals surface area contributed by atoms with Gasteiger partial charge in [0.1, 0.15) is 17.1 Å². The summed E-state index contributed by atoms with van der Waals surface area (Å²) in [5.74, 6) is -0.0638. The second-order valence-electron chi connectivity index (χ2n) is 6.23. The molecule has 1 saturated carbocycles.